The fourth-order valence-corrected chi connectivity index (χ4v) is 1.24. The second-order valence-electron chi connectivity index (χ2n) is 3.27. The smallest absolute Gasteiger partial charge is 0.253 e. The Morgan fingerprint density at radius 2 is 1.69 bits per heavy atom. The molecule has 16 heavy (non-hydrogen) atoms. The molecule has 0 radical (unpaired) electrons. The zero-order chi connectivity index (χ0) is 12.4. The van der Waals surface area contributed by atoms with Gasteiger partial charge in [0, 0.05) is 41.0 Å². The summed E-state index contributed by atoms with van der Waals surface area (Å²) >= 11 is 0. The molecule has 0 aromatic heterocycles. The molecule has 0 rings (SSSR count). The number of hydrogen-bond acceptors (Lipinski definition) is 5. The third kappa shape index (κ3) is 5.41. The summed E-state index contributed by atoms with van der Waals surface area (Å²) in [6.45, 7) is 2.16. The highest BCUT2D eigenvalue weighted by atomic mass is 16.5. The molecule has 2 N–H and O–H groups in total. The van der Waals surface area contributed by atoms with Crippen LogP contribution < -0.4 is 5.73 Å². The van der Waals surface area contributed by atoms with Crippen molar-refractivity contribution in [2.24, 2.45) is 5.73 Å². The Morgan fingerprint density at radius 1 is 1.19 bits per heavy atom. The van der Waals surface area contributed by atoms with E-state index in [1.165, 1.54) is 7.11 Å². The normalized spacial score (nSPS) is 12.5. The fourth-order valence-electron chi connectivity index (χ4n) is 1.24. The van der Waals surface area contributed by atoms with Gasteiger partial charge >= 0.3 is 0 Å². The first kappa shape index (κ1) is 15.3. The quantitative estimate of drug-likeness (QED) is 0.558. The third-order valence-corrected chi connectivity index (χ3v) is 2.22. The maximum absolute atomic E-state index is 11.9. The average molecular weight is 234 g/mol. The number of nitrogens with two attached hydrogens (primary N) is 1. The molecule has 0 aliphatic carbocycles. The van der Waals surface area contributed by atoms with E-state index < -0.39 is 6.10 Å². The highest BCUT2D eigenvalue weighted by Gasteiger charge is 2.22. The van der Waals surface area contributed by atoms with E-state index in [0.29, 0.717) is 26.3 Å². The maximum Gasteiger partial charge on any atom is 0.253 e. The molecule has 0 aromatic rings. The van der Waals surface area contributed by atoms with Gasteiger partial charge in [-0.1, -0.05) is 0 Å². The van der Waals surface area contributed by atoms with Crippen molar-refractivity contribution in [1.29, 1.82) is 0 Å². The van der Waals surface area contributed by atoms with Gasteiger partial charge in [0.25, 0.3) is 5.91 Å². The fraction of sp³-hybridized carbons (Fsp3) is 0.900. The van der Waals surface area contributed by atoms with Crippen LogP contribution in [0.25, 0.3) is 0 Å². The molecule has 0 heterocycles. The summed E-state index contributed by atoms with van der Waals surface area (Å²) in [5, 5.41) is 0. The molecule has 0 saturated heterocycles. The molecule has 1 amide bonds. The minimum atomic E-state index is -0.589. The first-order chi connectivity index (χ1) is 7.71. The second kappa shape index (κ2) is 9.53. The Labute approximate surface area is 96.6 Å². The van der Waals surface area contributed by atoms with E-state index in [0.717, 1.165) is 0 Å². The van der Waals surface area contributed by atoms with E-state index >= 15 is 0 Å². The van der Waals surface area contributed by atoms with Crippen molar-refractivity contribution in [3.63, 3.8) is 0 Å². The lowest BCUT2D eigenvalue weighted by molar-refractivity contribution is -0.142. The standard InChI is InChI=1S/C10H22N2O4/c1-14-6-4-12(5-7-15-2)10(13)9(8-11)16-3/h9H,4-8,11H2,1-3H3. The van der Waals surface area contributed by atoms with Crippen molar-refractivity contribution in [2.75, 3.05) is 54.2 Å². The number of ether oxygens (including phenoxy) is 3. The lowest BCUT2D eigenvalue weighted by Crippen LogP contribution is -2.46. The summed E-state index contributed by atoms with van der Waals surface area (Å²) in [6.07, 6.45) is -0.589. The predicted molar refractivity (Wildman–Crippen MR) is 60.2 cm³/mol. The van der Waals surface area contributed by atoms with Crippen molar-refractivity contribution >= 4 is 5.91 Å². The van der Waals surface area contributed by atoms with Crippen LogP contribution in [0.3, 0.4) is 0 Å². The summed E-state index contributed by atoms with van der Waals surface area (Å²) in [7, 11) is 4.66. The van der Waals surface area contributed by atoms with E-state index in [9.17, 15) is 4.79 Å². The van der Waals surface area contributed by atoms with Gasteiger partial charge in [0.2, 0.25) is 0 Å². The van der Waals surface area contributed by atoms with Crippen molar-refractivity contribution in [3.05, 3.63) is 0 Å². The van der Waals surface area contributed by atoms with Crippen molar-refractivity contribution in [2.45, 2.75) is 6.10 Å². The van der Waals surface area contributed by atoms with Crippen LogP contribution in [0.5, 0.6) is 0 Å². The molecule has 0 aliphatic rings. The highest BCUT2D eigenvalue weighted by Crippen LogP contribution is 1.98. The summed E-state index contributed by atoms with van der Waals surface area (Å²) in [5.74, 6) is -0.126. The van der Waals surface area contributed by atoms with E-state index in [1.54, 1.807) is 19.1 Å². The molecular formula is C10H22N2O4. The topological polar surface area (TPSA) is 74.0 Å². The van der Waals surface area contributed by atoms with Gasteiger partial charge in [0.1, 0.15) is 6.10 Å². The first-order valence-corrected chi connectivity index (χ1v) is 5.20. The molecule has 0 bridgehead atoms. The number of hydrogen-bond donors (Lipinski definition) is 1. The van der Waals surface area contributed by atoms with Gasteiger partial charge in [-0.3, -0.25) is 4.79 Å². The third-order valence-electron chi connectivity index (χ3n) is 2.22. The van der Waals surface area contributed by atoms with E-state index in [4.69, 9.17) is 19.9 Å². The molecule has 6 nitrogen and oxygen atoms in total. The lowest BCUT2D eigenvalue weighted by Gasteiger charge is -2.25. The molecule has 0 aromatic carbocycles. The Balaban J connectivity index is 4.28. The lowest BCUT2D eigenvalue weighted by atomic mass is 10.3. The minimum absolute atomic E-state index is 0.126. The average Bonchev–Trinajstić information content (AvgIpc) is 2.30. The molecule has 0 saturated carbocycles. The zero-order valence-corrected chi connectivity index (χ0v) is 10.3. The van der Waals surface area contributed by atoms with Crippen LogP contribution in [0.2, 0.25) is 0 Å². The van der Waals surface area contributed by atoms with E-state index in [-0.39, 0.29) is 12.5 Å². The molecule has 6 heteroatoms. The summed E-state index contributed by atoms with van der Waals surface area (Å²) < 4.78 is 14.9. The van der Waals surface area contributed by atoms with Gasteiger partial charge in [-0.05, 0) is 0 Å². The largest absolute Gasteiger partial charge is 0.383 e. The minimum Gasteiger partial charge on any atom is -0.383 e. The Hall–Kier alpha value is -0.690. The van der Waals surface area contributed by atoms with Crippen LogP contribution in [0.4, 0.5) is 0 Å². The molecule has 1 unspecified atom stereocenters. The Morgan fingerprint density at radius 3 is 2.00 bits per heavy atom. The number of rotatable bonds is 9. The number of amides is 1. The highest BCUT2D eigenvalue weighted by molar-refractivity contribution is 5.81. The van der Waals surface area contributed by atoms with Gasteiger partial charge in [-0.25, -0.2) is 0 Å². The molecule has 96 valence electrons. The van der Waals surface area contributed by atoms with Crippen LogP contribution in [-0.2, 0) is 19.0 Å². The van der Waals surface area contributed by atoms with Crippen LogP contribution in [0.15, 0.2) is 0 Å². The van der Waals surface area contributed by atoms with Gasteiger partial charge in [0.15, 0.2) is 0 Å². The monoisotopic (exact) mass is 234 g/mol. The zero-order valence-electron chi connectivity index (χ0n) is 10.3. The Bertz CT molecular complexity index is 178. The summed E-state index contributed by atoms with van der Waals surface area (Å²) in [5.41, 5.74) is 5.44. The molecular weight excluding hydrogens is 212 g/mol. The maximum atomic E-state index is 11.9. The van der Waals surface area contributed by atoms with Gasteiger partial charge in [-0.15, -0.1) is 0 Å². The van der Waals surface area contributed by atoms with Gasteiger partial charge in [0.05, 0.1) is 13.2 Å². The van der Waals surface area contributed by atoms with Crippen LogP contribution in [-0.4, -0.2) is 71.1 Å². The van der Waals surface area contributed by atoms with E-state index in [1.807, 2.05) is 0 Å². The predicted octanol–water partition coefficient (Wildman–Crippen LogP) is -0.918. The molecule has 0 aliphatic heterocycles. The van der Waals surface area contributed by atoms with Crippen molar-refractivity contribution < 1.29 is 19.0 Å². The Kier molecular flexibility index (Phi) is 9.12. The molecule has 0 fully saturated rings. The first-order valence-electron chi connectivity index (χ1n) is 5.20. The van der Waals surface area contributed by atoms with Crippen LogP contribution >= 0.6 is 0 Å². The van der Waals surface area contributed by atoms with Crippen molar-refractivity contribution in [1.82, 2.24) is 4.90 Å². The molecule has 1 atom stereocenters. The van der Waals surface area contributed by atoms with E-state index in [2.05, 4.69) is 0 Å². The van der Waals surface area contributed by atoms with Gasteiger partial charge in [-0.2, -0.15) is 0 Å². The number of methoxy groups -OCH3 is 3. The van der Waals surface area contributed by atoms with Crippen molar-refractivity contribution in [3.8, 4) is 0 Å². The number of carbonyl (C=O) groups is 1. The number of nitrogens with zero attached hydrogens (tertiary/aromatic N) is 1. The summed E-state index contributed by atoms with van der Waals surface area (Å²) in [6, 6.07) is 0. The SMILES string of the molecule is COCCN(CCOC)C(=O)C(CN)OC. The summed E-state index contributed by atoms with van der Waals surface area (Å²) in [4.78, 5) is 13.6. The van der Waals surface area contributed by atoms with Crippen LogP contribution in [0.1, 0.15) is 0 Å². The number of carbonyl (C=O) groups excluding carboxylic acids is 1. The second-order valence-corrected chi connectivity index (χ2v) is 3.27. The van der Waals surface area contributed by atoms with Crippen LogP contribution in [0, 0.1) is 0 Å². The molecule has 0 spiro atoms. The van der Waals surface area contributed by atoms with Gasteiger partial charge < -0.3 is 24.8 Å².